The number of hydrogen-bond acceptors (Lipinski definition) is 2. The van der Waals surface area contributed by atoms with Gasteiger partial charge in [-0.15, -0.1) is 0 Å². The summed E-state index contributed by atoms with van der Waals surface area (Å²) in [4.78, 5) is 0. The van der Waals surface area contributed by atoms with Gasteiger partial charge in [-0.25, -0.2) is 4.39 Å². The molecule has 4 heteroatoms. The molecule has 0 fully saturated rings. The molecule has 0 aliphatic heterocycles. The van der Waals surface area contributed by atoms with Crippen molar-refractivity contribution in [1.29, 1.82) is 0 Å². The van der Waals surface area contributed by atoms with Crippen LogP contribution in [0.15, 0.2) is 18.2 Å². The minimum Gasteiger partial charge on any atom is -0.381 e. The largest absolute Gasteiger partial charge is 0.381 e. The first kappa shape index (κ1) is 16.4. The zero-order chi connectivity index (χ0) is 14.1. The van der Waals surface area contributed by atoms with E-state index < -0.39 is 0 Å². The van der Waals surface area contributed by atoms with Crippen LogP contribution in [0.5, 0.6) is 0 Å². The van der Waals surface area contributed by atoms with Gasteiger partial charge in [0.2, 0.25) is 0 Å². The lowest BCUT2D eigenvalue weighted by atomic mass is 10.0. The second-order valence-electron chi connectivity index (χ2n) is 4.57. The summed E-state index contributed by atoms with van der Waals surface area (Å²) in [5.74, 6) is -0.304. The number of nitrogens with one attached hydrogen (secondary N) is 1. The lowest BCUT2D eigenvalue weighted by Gasteiger charge is -2.18. The van der Waals surface area contributed by atoms with Crippen molar-refractivity contribution in [2.24, 2.45) is 0 Å². The number of likely N-dealkylation sites (N-methyl/N-ethyl adjacent to an activating group) is 1. The third kappa shape index (κ3) is 5.89. The molecule has 0 aliphatic carbocycles. The van der Waals surface area contributed by atoms with E-state index in [4.69, 9.17) is 16.3 Å². The van der Waals surface area contributed by atoms with Crippen LogP contribution in [0.1, 0.15) is 32.3 Å². The minimum absolute atomic E-state index is 0.190. The summed E-state index contributed by atoms with van der Waals surface area (Å²) in [6, 6.07) is 5.37. The Balaban J connectivity index is 2.54. The molecule has 0 heterocycles. The molecular weight excluding hydrogens is 265 g/mol. The number of benzene rings is 1. The van der Waals surface area contributed by atoms with Gasteiger partial charge in [0.1, 0.15) is 5.82 Å². The van der Waals surface area contributed by atoms with Gasteiger partial charge < -0.3 is 10.1 Å². The van der Waals surface area contributed by atoms with Gasteiger partial charge in [0.15, 0.2) is 0 Å². The summed E-state index contributed by atoms with van der Waals surface area (Å²) in [5, 5.41) is 3.55. The highest BCUT2D eigenvalue weighted by Gasteiger charge is 2.13. The Morgan fingerprint density at radius 1 is 1.32 bits per heavy atom. The second-order valence-corrected chi connectivity index (χ2v) is 4.98. The van der Waals surface area contributed by atoms with Gasteiger partial charge in [0, 0.05) is 19.3 Å². The van der Waals surface area contributed by atoms with Crippen molar-refractivity contribution in [1.82, 2.24) is 5.32 Å². The molecule has 0 bridgehead atoms. The topological polar surface area (TPSA) is 21.3 Å². The second kappa shape index (κ2) is 9.29. The maximum Gasteiger partial charge on any atom is 0.145 e. The fraction of sp³-hybridized carbons (Fsp3) is 0.600. The van der Waals surface area contributed by atoms with Gasteiger partial charge in [-0.2, -0.15) is 0 Å². The molecule has 0 amide bonds. The van der Waals surface area contributed by atoms with E-state index >= 15 is 0 Å². The first-order chi connectivity index (χ1) is 9.19. The van der Waals surface area contributed by atoms with Gasteiger partial charge in [-0.05, 0) is 37.4 Å². The molecule has 0 spiro atoms. The Labute approximate surface area is 120 Å². The van der Waals surface area contributed by atoms with Crippen LogP contribution in [0, 0.1) is 5.82 Å². The Bertz CT molecular complexity index is 373. The van der Waals surface area contributed by atoms with Crippen molar-refractivity contribution in [3.05, 3.63) is 34.6 Å². The summed E-state index contributed by atoms with van der Waals surface area (Å²) in [6.45, 7) is 6.48. The highest BCUT2D eigenvalue weighted by atomic mass is 35.5. The van der Waals surface area contributed by atoms with E-state index in [1.54, 1.807) is 18.2 Å². The Kier molecular flexibility index (Phi) is 8.03. The van der Waals surface area contributed by atoms with Crippen LogP contribution in [0.3, 0.4) is 0 Å². The Morgan fingerprint density at radius 2 is 2.11 bits per heavy atom. The monoisotopic (exact) mass is 287 g/mol. The van der Waals surface area contributed by atoms with Crippen LogP contribution in [0.2, 0.25) is 5.02 Å². The molecule has 2 nitrogen and oxygen atoms in total. The highest BCUT2D eigenvalue weighted by Crippen LogP contribution is 2.19. The normalized spacial score (nSPS) is 12.6. The van der Waals surface area contributed by atoms with E-state index in [0.29, 0.717) is 18.6 Å². The van der Waals surface area contributed by atoms with Crippen molar-refractivity contribution >= 4 is 11.6 Å². The summed E-state index contributed by atoms with van der Waals surface area (Å²) in [7, 11) is 0. The Hall–Kier alpha value is -0.640. The van der Waals surface area contributed by atoms with Crippen LogP contribution in [0.25, 0.3) is 0 Å². The summed E-state index contributed by atoms with van der Waals surface area (Å²) in [6.07, 6.45) is 2.53. The maximum absolute atomic E-state index is 13.9. The van der Waals surface area contributed by atoms with Gasteiger partial charge in [-0.3, -0.25) is 0 Å². The van der Waals surface area contributed by atoms with Crippen molar-refractivity contribution in [2.75, 3.05) is 19.8 Å². The first-order valence-corrected chi connectivity index (χ1v) is 7.30. The van der Waals surface area contributed by atoms with Crippen LogP contribution >= 0.6 is 11.6 Å². The molecule has 1 rings (SSSR count). The fourth-order valence-corrected chi connectivity index (χ4v) is 2.20. The van der Waals surface area contributed by atoms with Crippen LogP contribution in [-0.2, 0) is 11.2 Å². The summed E-state index contributed by atoms with van der Waals surface area (Å²) in [5.41, 5.74) is 0.661. The molecule has 1 aromatic rings. The molecule has 0 saturated heterocycles. The number of rotatable bonds is 9. The molecule has 0 saturated carbocycles. The van der Waals surface area contributed by atoms with E-state index in [1.165, 1.54) is 0 Å². The van der Waals surface area contributed by atoms with Crippen LogP contribution in [-0.4, -0.2) is 25.8 Å². The van der Waals surface area contributed by atoms with Crippen molar-refractivity contribution in [2.45, 2.75) is 39.2 Å². The molecule has 0 radical (unpaired) electrons. The molecule has 108 valence electrons. The molecule has 0 aromatic heterocycles. The van der Waals surface area contributed by atoms with Crippen molar-refractivity contribution < 1.29 is 9.13 Å². The highest BCUT2D eigenvalue weighted by molar-refractivity contribution is 6.30. The van der Waals surface area contributed by atoms with Gasteiger partial charge in [-0.1, -0.05) is 37.6 Å². The fourth-order valence-electron chi connectivity index (χ4n) is 2.01. The number of hydrogen-bond donors (Lipinski definition) is 1. The maximum atomic E-state index is 13.9. The third-order valence-electron chi connectivity index (χ3n) is 2.95. The van der Waals surface area contributed by atoms with Crippen molar-refractivity contribution in [3.63, 3.8) is 0 Å². The third-order valence-corrected chi connectivity index (χ3v) is 3.24. The van der Waals surface area contributed by atoms with E-state index in [9.17, 15) is 4.39 Å². The van der Waals surface area contributed by atoms with Crippen molar-refractivity contribution in [3.8, 4) is 0 Å². The molecule has 19 heavy (non-hydrogen) atoms. The summed E-state index contributed by atoms with van der Waals surface area (Å²) >= 11 is 5.80. The number of halogens is 2. The zero-order valence-electron chi connectivity index (χ0n) is 11.7. The van der Waals surface area contributed by atoms with Gasteiger partial charge in [0.05, 0.1) is 5.02 Å². The smallest absolute Gasteiger partial charge is 0.145 e. The zero-order valence-corrected chi connectivity index (χ0v) is 12.5. The van der Waals surface area contributed by atoms with E-state index in [1.807, 2.05) is 6.92 Å². The molecular formula is C15H23ClFNO. The average Bonchev–Trinajstić information content (AvgIpc) is 2.40. The SMILES string of the molecule is CCCOCCC(Cc1cccc(Cl)c1F)NCC. The first-order valence-electron chi connectivity index (χ1n) is 6.93. The van der Waals surface area contributed by atoms with Crippen LogP contribution in [0.4, 0.5) is 4.39 Å². The molecule has 1 unspecified atom stereocenters. The van der Waals surface area contributed by atoms with Gasteiger partial charge >= 0.3 is 0 Å². The minimum atomic E-state index is -0.304. The lowest BCUT2D eigenvalue weighted by molar-refractivity contribution is 0.124. The molecule has 1 N–H and O–H groups in total. The number of ether oxygens (including phenoxy) is 1. The summed E-state index contributed by atoms with van der Waals surface area (Å²) < 4.78 is 19.3. The quantitative estimate of drug-likeness (QED) is 0.697. The van der Waals surface area contributed by atoms with E-state index in [0.717, 1.165) is 26.0 Å². The average molecular weight is 288 g/mol. The van der Waals surface area contributed by atoms with E-state index in [2.05, 4.69) is 12.2 Å². The lowest BCUT2D eigenvalue weighted by Crippen LogP contribution is -2.32. The Morgan fingerprint density at radius 3 is 2.79 bits per heavy atom. The molecule has 0 aliphatic rings. The van der Waals surface area contributed by atoms with Crippen LogP contribution < -0.4 is 5.32 Å². The predicted octanol–water partition coefficient (Wildman–Crippen LogP) is 3.82. The predicted molar refractivity (Wildman–Crippen MR) is 78.3 cm³/mol. The van der Waals surface area contributed by atoms with Gasteiger partial charge in [0.25, 0.3) is 0 Å². The molecule has 1 atom stereocenters. The van der Waals surface area contributed by atoms with E-state index in [-0.39, 0.29) is 16.9 Å². The standard InChI is InChI=1S/C15H23ClFNO/c1-3-9-19-10-8-13(18-4-2)11-12-6-5-7-14(16)15(12)17/h5-7,13,18H,3-4,8-11H2,1-2H3. The molecule has 1 aromatic carbocycles.